The first-order chi connectivity index (χ1) is 14.2. The third-order valence-corrected chi connectivity index (χ3v) is 6.15. The molecule has 1 aromatic rings. The van der Waals surface area contributed by atoms with Crippen molar-refractivity contribution in [2.45, 2.75) is 71.6 Å². The monoisotopic (exact) mass is 409 g/mol. The third-order valence-electron chi connectivity index (χ3n) is 6.15. The zero-order valence-corrected chi connectivity index (χ0v) is 18.9. The number of fused-ring (bicyclic) bond motifs is 1. The van der Waals surface area contributed by atoms with Gasteiger partial charge < -0.3 is 10.3 Å². The van der Waals surface area contributed by atoms with E-state index in [9.17, 15) is 10.0 Å². The zero-order valence-electron chi connectivity index (χ0n) is 18.9. The Hall–Kier alpha value is -2.62. The van der Waals surface area contributed by atoms with Gasteiger partial charge in [0.05, 0.1) is 11.6 Å². The van der Waals surface area contributed by atoms with Crippen LogP contribution in [0.3, 0.4) is 0 Å². The van der Waals surface area contributed by atoms with Crippen molar-refractivity contribution in [1.82, 2.24) is 0 Å². The topological polar surface area (TPSA) is 69.9 Å². The molecule has 2 atom stereocenters. The van der Waals surface area contributed by atoms with Crippen LogP contribution in [-0.4, -0.2) is 22.0 Å². The fourth-order valence-electron chi connectivity index (χ4n) is 3.93. The molecule has 4 heteroatoms. The SMILES string of the molecule is C/C=C(/C=CC/C(=N/O)c1ccc2c(c1)C(C)(C)CCC2C)C/C=C\C(C)C(=O)O. The number of allylic oxidation sites excluding steroid dienone is 5. The molecule has 1 aromatic carbocycles. The van der Waals surface area contributed by atoms with Crippen LogP contribution < -0.4 is 0 Å². The standard InChI is InChI=1S/C26H35NO3/c1-6-20(10-7-9-19(3)25(28)29)11-8-12-24(27-30)21-13-14-22-18(2)15-16-26(4,5)23(22)17-21/h6-9,11,13-14,17-19,30H,10,12,15-16H2,1-5H3,(H,28,29)/b9-7-,11-8?,20-6+,27-24-. The van der Waals surface area contributed by atoms with Gasteiger partial charge in [0, 0.05) is 6.42 Å². The number of oxime groups is 1. The second-order valence-electron chi connectivity index (χ2n) is 8.90. The summed E-state index contributed by atoms with van der Waals surface area (Å²) in [6.45, 7) is 10.5. The molecule has 4 nitrogen and oxygen atoms in total. The Morgan fingerprint density at radius 3 is 2.67 bits per heavy atom. The minimum absolute atomic E-state index is 0.131. The molecule has 1 aliphatic carbocycles. The lowest BCUT2D eigenvalue weighted by Crippen LogP contribution is -2.26. The largest absolute Gasteiger partial charge is 0.481 e. The highest BCUT2D eigenvalue weighted by molar-refractivity contribution is 6.01. The first-order valence-electron chi connectivity index (χ1n) is 10.8. The van der Waals surface area contributed by atoms with Crippen molar-refractivity contribution in [2.24, 2.45) is 11.1 Å². The van der Waals surface area contributed by atoms with E-state index in [0.717, 1.165) is 17.6 Å². The zero-order chi connectivity index (χ0) is 22.3. The van der Waals surface area contributed by atoms with Crippen LogP contribution in [-0.2, 0) is 10.2 Å². The molecule has 0 fully saturated rings. The van der Waals surface area contributed by atoms with E-state index in [0.29, 0.717) is 24.5 Å². The molecule has 0 spiro atoms. The highest BCUT2D eigenvalue weighted by Gasteiger charge is 2.31. The summed E-state index contributed by atoms with van der Waals surface area (Å²) in [5, 5.41) is 22.1. The van der Waals surface area contributed by atoms with Crippen molar-refractivity contribution in [1.29, 1.82) is 0 Å². The molecule has 2 rings (SSSR count). The van der Waals surface area contributed by atoms with Crippen molar-refractivity contribution >= 4 is 11.7 Å². The summed E-state index contributed by atoms with van der Waals surface area (Å²) in [4.78, 5) is 10.9. The van der Waals surface area contributed by atoms with Crippen molar-refractivity contribution in [3.63, 3.8) is 0 Å². The summed E-state index contributed by atoms with van der Waals surface area (Å²) in [6.07, 6.45) is 13.1. The normalized spacial score (nSPS) is 20.5. The first kappa shape index (κ1) is 23.7. The molecule has 0 aromatic heterocycles. The Morgan fingerprint density at radius 1 is 1.30 bits per heavy atom. The second kappa shape index (κ2) is 10.4. The number of carboxylic acids is 1. The quantitative estimate of drug-likeness (QED) is 0.167. The number of carboxylic acid groups (broad SMARTS) is 1. The van der Waals surface area contributed by atoms with Crippen LogP contribution in [0.2, 0.25) is 0 Å². The second-order valence-corrected chi connectivity index (χ2v) is 8.90. The number of hydrogen-bond donors (Lipinski definition) is 2. The van der Waals surface area contributed by atoms with Crippen LogP contribution >= 0.6 is 0 Å². The van der Waals surface area contributed by atoms with E-state index in [2.05, 4.69) is 44.1 Å². The lowest BCUT2D eigenvalue weighted by atomic mass is 9.69. The summed E-state index contributed by atoms with van der Waals surface area (Å²) in [5.74, 6) is -0.753. The first-order valence-corrected chi connectivity index (χ1v) is 10.8. The van der Waals surface area contributed by atoms with Crippen LogP contribution in [0.5, 0.6) is 0 Å². The van der Waals surface area contributed by atoms with Gasteiger partial charge in [0.25, 0.3) is 0 Å². The van der Waals surface area contributed by atoms with Gasteiger partial charge in [0.15, 0.2) is 0 Å². The van der Waals surface area contributed by atoms with Crippen LogP contribution in [0.15, 0.2) is 59.3 Å². The van der Waals surface area contributed by atoms with E-state index >= 15 is 0 Å². The minimum atomic E-state index is -0.824. The van der Waals surface area contributed by atoms with E-state index in [4.69, 9.17) is 5.11 Å². The molecule has 0 amide bonds. The Morgan fingerprint density at radius 2 is 2.03 bits per heavy atom. The molecule has 0 aliphatic heterocycles. The Bertz CT molecular complexity index is 874. The van der Waals surface area contributed by atoms with Gasteiger partial charge in [-0.1, -0.05) is 68.4 Å². The summed E-state index contributed by atoms with van der Waals surface area (Å²) in [5.41, 5.74) is 5.58. The number of carbonyl (C=O) groups is 1. The highest BCUT2D eigenvalue weighted by Crippen LogP contribution is 2.42. The predicted octanol–water partition coefficient (Wildman–Crippen LogP) is 6.60. The van der Waals surface area contributed by atoms with E-state index < -0.39 is 11.9 Å². The van der Waals surface area contributed by atoms with Crippen molar-refractivity contribution < 1.29 is 15.1 Å². The summed E-state index contributed by atoms with van der Waals surface area (Å²) >= 11 is 0. The lowest BCUT2D eigenvalue weighted by molar-refractivity contribution is -0.139. The maximum absolute atomic E-state index is 10.9. The van der Waals surface area contributed by atoms with Crippen LogP contribution in [0.25, 0.3) is 0 Å². The average Bonchev–Trinajstić information content (AvgIpc) is 2.72. The molecular formula is C26H35NO3. The molecule has 0 saturated carbocycles. The molecule has 162 valence electrons. The van der Waals surface area contributed by atoms with Crippen molar-refractivity contribution in [3.8, 4) is 0 Å². The average molecular weight is 410 g/mol. The van der Waals surface area contributed by atoms with Gasteiger partial charge in [-0.25, -0.2) is 0 Å². The van der Waals surface area contributed by atoms with E-state index in [-0.39, 0.29) is 5.41 Å². The minimum Gasteiger partial charge on any atom is -0.481 e. The lowest BCUT2D eigenvalue weighted by Gasteiger charge is -2.36. The fraction of sp³-hybridized carbons (Fsp3) is 0.462. The molecule has 2 unspecified atom stereocenters. The van der Waals surface area contributed by atoms with Crippen LogP contribution in [0.4, 0.5) is 0 Å². The van der Waals surface area contributed by atoms with Gasteiger partial charge >= 0.3 is 5.97 Å². The molecule has 0 heterocycles. The van der Waals surface area contributed by atoms with Crippen molar-refractivity contribution in [3.05, 3.63) is 70.8 Å². The fourth-order valence-corrected chi connectivity index (χ4v) is 3.93. The molecule has 0 saturated heterocycles. The number of benzene rings is 1. The summed E-state index contributed by atoms with van der Waals surface area (Å²) in [6, 6.07) is 6.45. The number of hydrogen-bond acceptors (Lipinski definition) is 3. The molecule has 0 bridgehead atoms. The van der Waals surface area contributed by atoms with Gasteiger partial charge in [-0.3, -0.25) is 4.79 Å². The third kappa shape index (κ3) is 5.94. The number of nitrogens with zero attached hydrogens (tertiary/aromatic N) is 1. The van der Waals surface area contributed by atoms with Crippen molar-refractivity contribution in [2.75, 3.05) is 0 Å². The van der Waals surface area contributed by atoms with Gasteiger partial charge in [-0.05, 0) is 72.8 Å². The number of rotatable bonds is 8. The Labute approximate surface area is 180 Å². The maximum Gasteiger partial charge on any atom is 0.310 e. The molecule has 1 aliphatic rings. The molecule has 2 N–H and O–H groups in total. The highest BCUT2D eigenvalue weighted by atomic mass is 16.4. The smallest absolute Gasteiger partial charge is 0.310 e. The van der Waals surface area contributed by atoms with E-state index in [1.165, 1.54) is 17.5 Å². The molecular weight excluding hydrogens is 374 g/mol. The Balaban J connectivity index is 2.10. The molecule has 0 radical (unpaired) electrons. The predicted molar refractivity (Wildman–Crippen MR) is 124 cm³/mol. The van der Waals surface area contributed by atoms with E-state index in [1.54, 1.807) is 13.0 Å². The number of aliphatic carboxylic acids is 1. The van der Waals surface area contributed by atoms with Gasteiger partial charge in [0.1, 0.15) is 0 Å². The Kier molecular flexibility index (Phi) is 8.22. The summed E-state index contributed by atoms with van der Waals surface area (Å²) in [7, 11) is 0. The molecule has 30 heavy (non-hydrogen) atoms. The van der Waals surface area contributed by atoms with Gasteiger partial charge in [-0.15, -0.1) is 0 Å². The van der Waals surface area contributed by atoms with E-state index in [1.807, 2.05) is 31.2 Å². The summed E-state index contributed by atoms with van der Waals surface area (Å²) < 4.78 is 0. The van der Waals surface area contributed by atoms with Gasteiger partial charge in [0.2, 0.25) is 0 Å². The van der Waals surface area contributed by atoms with Crippen LogP contribution in [0, 0.1) is 5.92 Å². The van der Waals surface area contributed by atoms with Crippen LogP contribution in [0.1, 0.15) is 82.9 Å². The van der Waals surface area contributed by atoms with Gasteiger partial charge in [-0.2, -0.15) is 0 Å². The maximum atomic E-state index is 10.9.